The van der Waals surface area contributed by atoms with E-state index in [2.05, 4.69) is 4.90 Å². The van der Waals surface area contributed by atoms with E-state index in [4.69, 9.17) is 19.9 Å². The van der Waals surface area contributed by atoms with Crippen LogP contribution in [0.15, 0.2) is 18.2 Å². The molecule has 0 fully saturated rings. The summed E-state index contributed by atoms with van der Waals surface area (Å²) >= 11 is 0. The highest BCUT2D eigenvalue weighted by Gasteiger charge is 2.08. The molecule has 5 nitrogen and oxygen atoms in total. The van der Waals surface area contributed by atoms with Gasteiger partial charge in [-0.2, -0.15) is 0 Å². The fourth-order valence-electron chi connectivity index (χ4n) is 1.91. The molecular formula is C14H24N2O3. The topological polar surface area (TPSA) is 57.0 Å². The molecule has 0 aromatic heterocycles. The van der Waals surface area contributed by atoms with Crippen LogP contribution in [0.5, 0.6) is 11.5 Å². The second kappa shape index (κ2) is 8.74. The Morgan fingerprint density at radius 2 is 1.79 bits per heavy atom. The lowest BCUT2D eigenvalue weighted by Gasteiger charge is -2.21. The van der Waals surface area contributed by atoms with Crippen molar-refractivity contribution in [2.75, 3.05) is 47.6 Å². The van der Waals surface area contributed by atoms with Crippen molar-refractivity contribution in [1.29, 1.82) is 0 Å². The van der Waals surface area contributed by atoms with E-state index in [9.17, 15) is 0 Å². The van der Waals surface area contributed by atoms with Crippen LogP contribution in [0.4, 0.5) is 0 Å². The van der Waals surface area contributed by atoms with Gasteiger partial charge in [-0.25, -0.2) is 0 Å². The third kappa shape index (κ3) is 5.06. The molecule has 0 aliphatic rings. The van der Waals surface area contributed by atoms with Gasteiger partial charge in [0.25, 0.3) is 0 Å². The van der Waals surface area contributed by atoms with Crippen LogP contribution in [0.3, 0.4) is 0 Å². The molecular weight excluding hydrogens is 244 g/mol. The van der Waals surface area contributed by atoms with E-state index >= 15 is 0 Å². The minimum atomic E-state index is 0.636. The van der Waals surface area contributed by atoms with Gasteiger partial charge in [-0.1, -0.05) is 6.07 Å². The smallest absolute Gasteiger partial charge is 0.161 e. The molecule has 0 heterocycles. The maximum absolute atomic E-state index is 5.63. The zero-order valence-corrected chi connectivity index (χ0v) is 12.0. The maximum atomic E-state index is 5.63. The van der Waals surface area contributed by atoms with Crippen molar-refractivity contribution in [3.8, 4) is 11.5 Å². The second-order valence-electron chi connectivity index (χ2n) is 4.25. The Morgan fingerprint density at radius 1 is 1.05 bits per heavy atom. The minimum Gasteiger partial charge on any atom is -0.493 e. The van der Waals surface area contributed by atoms with Crippen molar-refractivity contribution in [3.05, 3.63) is 23.8 Å². The summed E-state index contributed by atoms with van der Waals surface area (Å²) in [5, 5.41) is 0. The number of methoxy groups -OCH3 is 3. The lowest BCUT2D eigenvalue weighted by Crippen LogP contribution is -2.31. The number of nitrogens with zero attached hydrogens (tertiary/aromatic N) is 1. The highest BCUT2D eigenvalue weighted by Crippen LogP contribution is 2.27. The second-order valence-corrected chi connectivity index (χ2v) is 4.25. The molecule has 1 rings (SSSR count). The van der Waals surface area contributed by atoms with Crippen molar-refractivity contribution < 1.29 is 14.2 Å². The average Bonchev–Trinajstić information content (AvgIpc) is 2.44. The Hall–Kier alpha value is -1.30. The molecule has 108 valence electrons. The van der Waals surface area contributed by atoms with Crippen molar-refractivity contribution in [3.63, 3.8) is 0 Å². The van der Waals surface area contributed by atoms with E-state index < -0.39 is 0 Å². The molecule has 0 aliphatic heterocycles. The monoisotopic (exact) mass is 268 g/mol. The van der Waals surface area contributed by atoms with Gasteiger partial charge in [0.05, 0.1) is 20.8 Å². The van der Waals surface area contributed by atoms with E-state index in [-0.39, 0.29) is 0 Å². The van der Waals surface area contributed by atoms with Crippen molar-refractivity contribution >= 4 is 0 Å². The largest absolute Gasteiger partial charge is 0.493 e. The molecule has 0 atom stereocenters. The first-order valence-electron chi connectivity index (χ1n) is 6.37. The summed E-state index contributed by atoms with van der Waals surface area (Å²) in [5.74, 6) is 1.49. The summed E-state index contributed by atoms with van der Waals surface area (Å²) in [6.45, 7) is 3.87. The summed E-state index contributed by atoms with van der Waals surface area (Å²) in [5.41, 5.74) is 6.80. The predicted molar refractivity (Wildman–Crippen MR) is 75.8 cm³/mol. The molecule has 19 heavy (non-hydrogen) atoms. The van der Waals surface area contributed by atoms with Crippen molar-refractivity contribution in [2.45, 2.75) is 6.54 Å². The summed E-state index contributed by atoms with van der Waals surface area (Å²) < 4.78 is 15.6. The first kappa shape index (κ1) is 15.8. The van der Waals surface area contributed by atoms with Gasteiger partial charge in [-0.3, -0.25) is 4.90 Å². The van der Waals surface area contributed by atoms with E-state index in [0.29, 0.717) is 13.2 Å². The van der Waals surface area contributed by atoms with Crippen LogP contribution in [0.25, 0.3) is 0 Å². The summed E-state index contributed by atoms with van der Waals surface area (Å²) in [6.07, 6.45) is 0. The van der Waals surface area contributed by atoms with Gasteiger partial charge in [0.2, 0.25) is 0 Å². The number of ether oxygens (including phenoxy) is 3. The van der Waals surface area contributed by atoms with Gasteiger partial charge in [-0.05, 0) is 17.7 Å². The fraction of sp³-hybridized carbons (Fsp3) is 0.571. The minimum absolute atomic E-state index is 0.636. The first-order chi connectivity index (χ1) is 9.24. The molecule has 1 aromatic carbocycles. The van der Waals surface area contributed by atoms with Gasteiger partial charge >= 0.3 is 0 Å². The molecule has 0 aliphatic carbocycles. The van der Waals surface area contributed by atoms with Crippen LogP contribution in [0, 0.1) is 0 Å². The molecule has 2 N–H and O–H groups in total. The van der Waals surface area contributed by atoms with Crippen LogP contribution >= 0.6 is 0 Å². The van der Waals surface area contributed by atoms with Gasteiger partial charge in [0, 0.05) is 33.3 Å². The Kier molecular flexibility index (Phi) is 7.25. The third-order valence-electron chi connectivity index (χ3n) is 2.91. The highest BCUT2D eigenvalue weighted by atomic mass is 16.5. The molecule has 1 aromatic rings. The number of benzene rings is 1. The lowest BCUT2D eigenvalue weighted by molar-refractivity contribution is 0.146. The van der Waals surface area contributed by atoms with Gasteiger partial charge in [0.15, 0.2) is 11.5 Å². The fourth-order valence-corrected chi connectivity index (χ4v) is 1.91. The molecule has 0 spiro atoms. The molecule has 0 saturated carbocycles. The maximum Gasteiger partial charge on any atom is 0.161 e. The average molecular weight is 268 g/mol. The number of hydrogen-bond acceptors (Lipinski definition) is 5. The van der Waals surface area contributed by atoms with Crippen LogP contribution in [0.2, 0.25) is 0 Å². The van der Waals surface area contributed by atoms with Crippen LogP contribution in [0.1, 0.15) is 5.56 Å². The third-order valence-corrected chi connectivity index (χ3v) is 2.91. The Morgan fingerprint density at radius 3 is 2.37 bits per heavy atom. The quantitative estimate of drug-likeness (QED) is 0.727. The summed E-state index contributed by atoms with van der Waals surface area (Å²) in [6, 6.07) is 5.96. The molecule has 0 saturated heterocycles. The Labute approximate surface area is 115 Å². The molecule has 5 heteroatoms. The van der Waals surface area contributed by atoms with Crippen molar-refractivity contribution in [2.24, 2.45) is 5.73 Å². The zero-order valence-electron chi connectivity index (χ0n) is 12.0. The van der Waals surface area contributed by atoms with Crippen molar-refractivity contribution in [1.82, 2.24) is 4.90 Å². The molecule has 0 amide bonds. The standard InChI is InChI=1S/C14H24N2O3/c1-17-9-8-16(7-6-15)11-12-4-5-13(18-2)14(10-12)19-3/h4-5,10H,6-9,11,15H2,1-3H3. The van der Waals surface area contributed by atoms with Gasteiger partial charge in [0.1, 0.15) is 0 Å². The zero-order chi connectivity index (χ0) is 14.1. The summed E-state index contributed by atoms with van der Waals surface area (Å²) in [7, 11) is 4.98. The van der Waals surface area contributed by atoms with Crippen LogP contribution < -0.4 is 15.2 Å². The SMILES string of the molecule is COCCN(CCN)Cc1ccc(OC)c(OC)c1. The summed E-state index contributed by atoms with van der Waals surface area (Å²) in [4.78, 5) is 2.25. The van der Waals surface area contributed by atoms with Gasteiger partial charge in [-0.15, -0.1) is 0 Å². The molecule has 0 unspecified atom stereocenters. The van der Waals surface area contributed by atoms with Crippen LogP contribution in [-0.4, -0.2) is 52.5 Å². The lowest BCUT2D eigenvalue weighted by atomic mass is 10.2. The number of nitrogens with two attached hydrogens (primary N) is 1. The number of rotatable bonds is 9. The number of hydrogen-bond donors (Lipinski definition) is 1. The van der Waals surface area contributed by atoms with E-state index in [1.165, 1.54) is 5.56 Å². The first-order valence-corrected chi connectivity index (χ1v) is 6.37. The molecule has 0 bridgehead atoms. The Balaban J connectivity index is 2.72. The Bertz CT molecular complexity index is 372. The normalized spacial score (nSPS) is 10.8. The van der Waals surface area contributed by atoms with Gasteiger partial charge < -0.3 is 19.9 Å². The highest BCUT2D eigenvalue weighted by molar-refractivity contribution is 5.42. The van der Waals surface area contributed by atoms with Crippen LogP contribution in [-0.2, 0) is 11.3 Å². The van der Waals surface area contributed by atoms with E-state index in [1.54, 1.807) is 21.3 Å². The predicted octanol–water partition coefficient (Wildman–Crippen LogP) is 1.11. The molecule has 0 radical (unpaired) electrons. The van der Waals surface area contributed by atoms with E-state index in [1.807, 2.05) is 18.2 Å². The van der Waals surface area contributed by atoms with E-state index in [0.717, 1.165) is 31.1 Å².